The summed E-state index contributed by atoms with van der Waals surface area (Å²) in [7, 11) is 0. The molecule has 8 heteroatoms. The van der Waals surface area contributed by atoms with Gasteiger partial charge >= 0.3 is 0 Å². The van der Waals surface area contributed by atoms with E-state index in [4.69, 9.17) is 4.74 Å². The highest BCUT2D eigenvalue weighted by atomic mass is 79.9. The van der Waals surface area contributed by atoms with E-state index in [0.29, 0.717) is 35.6 Å². The van der Waals surface area contributed by atoms with Gasteiger partial charge in [-0.2, -0.15) is 0 Å². The number of nitrogens with zero attached hydrogens (tertiary/aromatic N) is 4. The molecular weight excluding hydrogens is 340 g/mol. The van der Waals surface area contributed by atoms with Crippen LogP contribution in [0.5, 0.6) is 0 Å². The van der Waals surface area contributed by atoms with E-state index < -0.39 is 0 Å². The number of aliphatic hydroxyl groups excluding tert-OH is 2. The first-order valence-electron chi connectivity index (χ1n) is 6.85. The van der Waals surface area contributed by atoms with Gasteiger partial charge < -0.3 is 19.8 Å². The molecule has 1 aliphatic heterocycles. The summed E-state index contributed by atoms with van der Waals surface area (Å²) in [6.45, 7) is 2.70. The number of hydrogen-bond acceptors (Lipinski definition) is 6. The van der Waals surface area contributed by atoms with Crippen LogP contribution in [0.3, 0.4) is 0 Å². The Hall–Kier alpha value is -1.22. The van der Waals surface area contributed by atoms with Crippen molar-refractivity contribution in [2.75, 3.05) is 37.8 Å². The van der Waals surface area contributed by atoms with E-state index in [9.17, 15) is 10.2 Å². The van der Waals surface area contributed by atoms with Crippen molar-refractivity contribution in [1.29, 1.82) is 0 Å². The van der Waals surface area contributed by atoms with E-state index in [2.05, 4.69) is 30.8 Å². The lowest BCUT2D eigenvalue weighted by molar-refractivity contribution is 0.122. The minimum absolute atomic E-state index is 0.00756. The van der Waals surface area contributed by atoms with Crippen molar-refractivity contribution in [3.8, 4) is 0 Å². The molecule has 0 atom stereocenters. The molecule has 0 spiro atoms. The second-order valence-electron chi connectivity index (χ2n) is 4.82. The second kappa shape index (κ2) is 6.27. The fourth-order valence-electron chi connectivity index (χ4n) is 2.58. The van der Waals surface area contributed by atoms with Gasteiger partial charge in [0.1, 0.15) is 4.60 Å². The van der Waals surface area contributed by atoms with Gasteiger partial charge in [0.25, 0.3) is 0 Å². The van der Waals surface area contributed by atoms with Crippen LogP contribution in [0.25, 0.3) is 5.65 Å². The molecule has 1 fully saturated rings. The predicted octanol–water partition coefficient (Wildman–Crippen LogP) is 0.355. The van der Waals surface area contributed by atoms with E-state index >= 15 is 0 Å². The van der Waals surface area contributed by atoms with Crippen LogP contribution in [0.4, 0.5) is 5.82 Å². The second-order valence-corrected chi connectivity index (χ2v) is 5.63. The monoisotopic (exact) mass is 356 g/mol. The summed E-state index contributed by atoms with van der Waals surface area (Å²) >= 11 is 3.42. The first-order valence-corrected chi connectivity index (χ1v) is 7.64. The average molecular weight is 357 g/mol. The maximum absolute atomic E-state index is 9.49. The van der Waals surface area contributed by atoms with Gasteiger partial charge in [-0.15, -0.1) is 0 Å². The summed E-state index contributed by atoms with van der Waals surface area (Å²) in [5, 5.41) is 18.7. The highest BCUT2D eigenvalue weighted by Crippen LogP contribution is 2.25. The van der Waals surface area contributed by atoms with Gasteiger partial charge in [-0.05, 0) is 15.9 Å². The van der Waals surface area contributed by atoms with Crippen molar-refractivity contribution >= 4 is 27.4 Å². The van der Waals surface area contributed by atoms with Crippen molar-refractivity contribution in [1.82, 2.24) is 14.4 Å². The molecule has 7 nitrogen and oxygen atoms in total. The van der Waals surface area contributed by atoms with Gasteiger partial charge in [0.2, 0.25) is 0 Å². The van der Waals surface area contributed by atoms with E-state index in [1.165, 1.54) is 0 Å². The van der Waals surface area contributed by atoms with Gasteiger partial charge in [0.15, 0.2) is 11.5 Å². The number of halogens is 1. The van der Waals surface area contributed by atoms with Crippen LogP contribution >= 0.6 is 15.9 Å². The molecule has 0 aromatic carbocycles. The minimum atomic E-state index is -0.156. The van der Waals surface area contributed by atoms with Crippen LogP contribution in [0.2, 0.25) is 0 Å². The van der Waals surface area contributed by atoms with Gasteiger partial charge in [0, 0.05) is 32.3 Å². The average Bonchev–Trinajstić information content (AvgIpc) is 2.86. The van der Waals surface area contributed by atoms with Crippen molar-refractivity contribution in [3.05, 3.63) is 22.2 Å². The first kappa shape index (κ1) is 14.7. The van der Waals surface area contributed by atoms with Crippen LogP contribution in [0, 0.1) is 0 Å². The summed E-state index contributed by atoms with van der Waals surface area (Å²) in [5.41, 5.74) is 2.10. The Labute approximate surface area is 130 Å². The summed E-state index contributed by atoms with van der Waals surface area (Å²) in [5.74, 6) is 0.770. The van der Waals surface area contributed by atoms with Gasteiger partial charge in [-0.3, -0.25) is 4.40 Å². The van der Waals surface area contributed by atoms with Crippen LogP contribution in [-0.2, 0) is 17.8 Å². The number of morpholine rings is 1. The Morgan fingerprint density at radius 3 is 2.67 bits per heavy atom. The molecule has 0 radical (unpaired) electrons. The van der Waals surface area contributed by atoms with Crippen molar-refractivity contribution in [3.63, 3.8) is 0 Å². The van der Waals surface area contributed by atoms with E-state index in [-0.39, 0.29) is 13.2 Å². The minimum Gasteiger partial charge on any atom is -0.396 e. The number of ether oxygens (including phenoxy) is 1. The fourth-order valence-corrected chi connectivity index (χ4v) is 2.95. The number of anilines is 1. The normalized spacial score (nSPS) is 15.9. The smallest absolute Gasteiger partial charge is 0.180 e. The SMILES string of the molecule is OCCc1c(CO)nc2c(N3CCOCC3)nc(Br)cn12. The van der Waals surface area contributed by atoms with E-state index in [0.717, 1.165) is 24.6 Å². The molecule has 114 valence electrons. The summed E-state index contributed by atoms with van der Waals surface area (Å²) in [6.07, 6.45) is 2.26. The topological polar surface area (TPSA) is 83.1 Å². The third-order valence-corrected chi connectivity index (χ3v) is 3.93. The molecule has 2 aromatic rings. The predicted molar refractivity (Wildman–Crippen MR) is 80.4 cm³/mol. The van der Waals surface area contributed by atoms with Crippen LogP contribution < -0.4 is 4.90 Å². The lowest BCUT2D eigenvalue weighted by Gasteiger charge is -2.28. The molecule has 21 heavy (non-hydrogen) atoms. The molecule has 2 N–H and O–H groups in total. The number of aliphatic hydroxyl groups is 2. The Morgan fingerprint density at radius 1 is 1.24 bits per heavy atom. The highest BCUT2D eigenvalue weighted by molar-refractivity contribution is 9.10. The van der Waals surface area contributed by atoms with E-state index in [1.54, 1.807) is 0 Å². The third-order valence-electron chi connectivity index (χ3n) is 3.55. The quantitative estimate of drug-likeness (QED) is 0.822. The molecule has 0 amide bonds. The number of fused-ring (bicyclic) bond motifs is 1. The number of hydrogen-bond donors (Lipinski definition) is 2. The van der Waals surface area contributed by atoms with E-state index in [1.807, 2.05) is 10.6 Å². The van der Waals surface area contributed by atoms with Crippen molar-refractivity contribution < 1.29 is 14.9 Å². The van der Waals surface area contributed by atoms with Crippen LogP contribution in [0.1, 0.15) is 11.4 Å². The fraction of sp³-hybridized carbons (Fsp3) is 0.538. The van der Waals surface area contributed by atoms with Crippen molar-refractivity contribution in [2.24, 2.45) is 0 Å². The molecule has 0 bridgehead atoms. The number of aromatic nitrogens is 3. The molecule has 3 heterocycles. The molecule has 1 aliphatic rings. The van der Waals surface area contributed by atoms with Gasteiger partial charge in [-0.1, -0.05) is 0 Å². The summed E-state index contributed by atoms with van der Waals surface area (Å²) in [6, 6.07) is 0. The summed E-state index contributed by atoms with van der Waals surface area (Å²) < 4.78 is 7.96. The highest BCUT2D eigenvalue weighted by Gasteiger charge is 2.21. The molecule has 0 unspecified atom stereocenters. The molecule has 1 saturated heterocycles. The van der Waals surface area contributed by atoms with Gasteiger partial charge in [0.05, 0.1) is 31.2 Å². The Kier molecular flexibility index (Phi) is 4.39. The van der Waals surface area contributed by atoms with Crippen molar-refractivity contribution in [2.45, 2.75) is 13.0 Å². The number of imidazole rings is 1. The van der Waals surface area contributed by atoms with Gasteiger partial charge in [-0.25, -0.2) is 9.97 Å². The molecule has 2 aromatic heterocycles. The zero-order valence-corrected chi connectivity index (χ0v) is 13.1. The molecular formula is C13H17BrN4O3. The van der Waals surface area contributed by atoms with Crippen LogP contribution in [-0.4, -0.2) is 57.5 Å². The maximum Gasteiger partial charge on any atom is 0.180 e. The lowest BCUT2D eigenvalue weighted by atomic mass is 10.2. The molecule has 0 aliphatic carbocycles. The molecule has 0 saturated carbocycles. The third kappa shape index (κ3) is 2.76. The Morgan fingerprint density at radius 2 is 2.00 bits per heavy atom. The van der Waals surface area contributed by atoms with Crippen LogP contribution in [0.15, 0.2) is 10.8 Å². The Balaban J connectivity index is 2.15. The molecule has 3 rings (SSSR count). The zero-order valence-electron chi connectivity index (χ0n) is 11.5. The lowest BCUT2D eigenvalue weighted by Crippen LogP contribution is -2.37. The standard InChI is InChI=1S/C13H17BrN4O3/c14-11-7-18-10(1-4-19)9(8-20)15-13(18)12(16-11)17-2-5-21-6-3-17/h7,19-20H,1-6,8H2. The summed E-state index contributed by atoms with van der Waals surface area (Å²) in [4.78, 5) is 11.2. The zero-order chi connectivity index (χ0) is 14.8. The maximum atomic E-state index is 9.49. The first-order chi connectivity index (χ1) is 10.2. The number of rotatable bonds is 4. The largest absolute Gasteiger partial charge is 0.396 e. The Bertz CT molecular complexity index is 640.